The average molecular weight is 190 g/mol. The minimum Gasteiger partial charge on any atom is -0.228 e. The molecule has 0 saturated heterocycles. The third kappa shape index (κ3) is 1.65. The number of rotatable bonds is 1. The Hall–Kier alpha value is -0.0500. The average Bonchev–Trinajstić information content (AvgIpc) is 2.34. The van der Waals surface area contributed by atoms with Crippen LogP contribution in [0, 0.1) is 0 Å². The first-order valence-electron chi connectivity index (χ1n) is 4.59. The second-order valence-electron chi connectivity index (χ2n) is 4.56. The Morgan fingerprint density at radius 3 is 1.83 bits per heavy atom. The van der Waals surface area contributed by atoms with Crippen molar-refractivity contribution in [2.45, 2.75) is 56.5 Å². The minimum absolute atomic E-state index is 0.0579. The van der Waals surface area contributed by atoms with Gasteiger partial charge in [0.05, 0.1) is 10.00 Å². The van der Waals surface area contributed by atoms with Crippen molar-refractivity contribution in [3.63, 3.8) is 0 Å². The Kier molecular flexibility index (Phi) is 2.52. The van der Waals surface area contributed by atoms with E-state index in [1.54, 1.807) is 20.8 Å². The summed E-state index contributed by atoms with van der Waals surface area (Å²) in [4.78, 5) is 0. The summed E-state index contributed by atoms with van der Waals surface area (Å²) in [5, 5.41) is -0.0579. The van der Waals surface area contributed by atoms with Gasteiger partial charge >= 0.3 is 0 Å². The maximum Gasteiger partial charge on any atom is 0.158 e. The molecule has 0 unspecified atom stereocenters. The van der Waals surface area contributed by atoms with Crippen LogP contribution in [0.25, 0.3) is 0 Å². The van der Waals surface area contributed by atoms with E-state index in [4.69, 9.17) is 0 Å². The molecule has 1 saturated carbocycles. The van der Waals surface area contributed by atoms with Crippen molar-refractivity contribution in [1.82, 2.24) is 0 Å². The zero-order chi connectivity index (χ0) is 9.41. The fourth-order valence-corrected chi connectivity index (χ4v) is 3.65. The van der Waals surface area contributed by atoms with Gasteiger partial charge in [-0.3, -0.25) is 0 Å². The normalized spacial score (nSPS) is 21.6. The minimum atomic E-state index is -2.88. The fraction of sp³-hybridized carbons (Fsp3) is 1.00. The lowest BCUT2D eigenvalue weighted by atomic mass is 10.3. The summed E-state index contributed by atoms with van der Waals surface area (Å²) < 4.78 is 23.1. The summed E-state index contributed by atoms with van der Waals surface area (Å²) in [7, 11) is -2.88. The summed E-state index contributed by atoms with van der Waals surface area (Å²) in [6, 6.07) is 0. The van der Waals surface area contributed by atoms with Crippen molar-refractivity contribution < 1.29 is 8.42 Å². The van der Waals surface area contributed by atoms with E-state index in [0.29, 0.717) is 0 Å². The van der Waals surface area contributed by atoms with Crippen LogP contribution in [0.4, 0.5) is 0 Å². The van der Waals surface area contributed by atoms with Gasteiger partial charge < -0.3 is 0 Å². The third-order valence-electron chi connectivity index (χ3n) is 2.59. The maximum atomic E-state index is 11.9. The monoisotopic (exact) mass is 190 g/mol. The molecule has 0 aromatic carbocycles. The molecule has 0 radical (unpaired) electrons. The van der Waals surface area contributed by atoms with Crippen LogP contribution >= 0.6 is 0 Å². The summed E-state index contributed by atoms with van der Waals surface area (Å²) in [5.41, 5.74) is 0. The molecule has 1 fully saturated rings. The lowest BCUT2D eigenvalue weighted by Crippen LogP contribution is -2.35. The van der Waals surface area contributed by atoms with E-state index in [0.717, 1.165) is 25.7 Å². The van der Waals surface area contributed by atoms with E-state index in [1.807, 2.05) is 0 Å². The highest BCUT2D eigenvalue weighted by atomic mass is 32.2. The number of sulfone groups is 1. The molecule has 0 aromatic rings. The highest BCUT2D eigenvalue weighted by molar-refractivity contribution is 7.93. The quantitative estimate of drug-likeness (QED) is 0.635. The summed E-state index contributed by atoms with van der Waals surface area (Å²) >= 11 is 0. The van der Waals surface area contributed by atoms with Crippen LogP contribution in [0.3, 0.4) is 0 Å². The van der Waals surface area contributed by atoms with Gasteiger partial charge in [0.2, 0.25) is 0 Å². The first-order valence-corrected chi connectivity index (χ1v) is 6.14. The van der Waals surface area contributed by atoms with Crippen molar-refractivity contribution in [3.8, 4) is 0 Å². The van der Waals surface area contributed by atoms with Gasteiger partial charge in [0.15, 0.2) is 9.84 Å². The first kappa shape index (κ1) is 10.0. The molecule has 1 aliphatic carbocycles. The van der Waals surface area contributed by atoms with Gasteiger partial charge in [0, 0.05) is 0 Å². The zero-order valence-corrected chi connectivity index (χ0v) is 8.95. The smallest absolute Gasteiger partial charge is 0.158 e. The maximum absolute atomic E-state index is 11.9. The molecule has 0 aromatic heterocycles. The molecule has 12 heavy (non-hydrogen) atoms. The Balaban J connectivity index is 2.85. The molecule has 2 nitrogen and oxygen atoms in total. The van der Waals surface area contributed by atoms with Crippen molar-refractivity contribution in [2.75, 3.05) is 0 Å². The molecule has 0 atom stereocenters. The molecular formula is C9H18O2S. The van der Waals surface area contributed by atoms with E-state index in [-0.39, 0.29) is 5.25 Å². The lowest BCUT2D eigenvalue weighted by Gasteiger charge is -2.23. The molecule has 0 amide bonds. The second-order valence-corrected chi connectivity index (χ2v) is 7.55. The Bertz CT molecular complexity index is 240. The molecule has 0 N–H and O–H groups in total. The number of hydrogen-bond donors (Lipinski definition) is 0. The molecule has 0 aliphatic heterocycles. The van der Waals surface area contributed by atoms with Crippen molar-refractivity contribution in [1.29, 1.82) is 0 Å². The van der Waals surface area contributed by atoms with Crippen LogP contribution in [0.5, 0.6) is 0 Å². The van der Waals surface area contributed by atoms with Crippen LogP contribution in [0.2, 0.25) is 0 Å². The van der Waals surface area contributed by atoms with Gasteiger partial charge in [0.1, 0.15) is 0 Å². The van der Waals surface area contributed by atoms with Gasteiger partial charge in [-0.05, 0) is 33.6 Å². The topological polar surface area (TPSA) is 34.1 Å². The zero-order valence-electron chi connectivity index (χ0n) is 8.13. The SMILES string of the molecule is CC(C)(C)S(=O)(=O)C1CCCC1. The van der Waals surface area contributed by atoms with Gasteiger partial charge in [-0.1, -0.05) is 12.8 Å². The van der Waals surface area contributed by atoms with E-state index in [2.05, 4.69) is 0 Å². The molecule has 72 valence electrons. The summed E-state index contributed by atoms with van der Waals surface area (Å²) in [6.07, 6.45) is 3.92. The Morgan fingerprint density at radius 1 is 1.08 bits per heavy atom. The molecular weight excluding hydrogens is 172 g/mol. The van der Waals surface area contributed by atoms with E-state index in [9.17, 15) is 8.42 Å². The fourth-order valence-electron chi connectivity index (χ4n) is 1.70. The van der Waals surface area contributed by atoms with Crippen LogP contribution < -0.4 is 0 Å². The Morgan fingerprint density at radius 2 is 1.50 bits per heavy atom. The predicted octanol–water partition coefficient (Wildman–Crippen LogP) is 2.14. The summed E-state index contributed by atoms with van der Waals surface area (Å²) in [6.45, 7) is 5.38. The second kappa shape index (κ2) is 3.02. The van der Waals surface area contributed by atoms with Crippen molar-refractivity contribution >= 4 is 9.84 Å². The van der Waals surface area contributed by atoms with Crippen LogP contribution in [-0.4, -0.2) is 18.4 Å². The summed E-state index contributed by atoms with van der Waals surface area (Å²) in [5.74, 6) is 0. The molecule has 3 heteroatoms. The molecule has 1 aliphatic rings. The standard InChI is InChI=1S/C9H18O2S/c1-9(2,3)12(10,11)8-6-4-5-7-8/h8H,4-7H2,1-3H3. The van der Waals surface area contributed by atoms with E-state index >= 15 is 0 Å². The molecule has 0 bridgehead atoms. The van der Waals surface area contributed by atoms with E-state index in [1.165, 1.54) is 0 Å². The lowest BCUT2D eigenvalue weighted by molar-refractivity contribution is 0.543. The van der Waals surface area contributed by atoms with Gasteiger partial charge in [-0.2, -0.15) is 0 Å². The third-order valence-corrected chi connectivity index (χ3v) is 5.65. The Labute approximate surface area is 75.3 Å². The van der Waals surface area contributed by atoms with Crippen LogP contribution in [-0.2, 0) is 9.84 Å². The van der Waals surface area contributed by atoms with Gasteiger partial charge in [-0.15, -0.1) is 0 Å². The largest absolute Gasteiger partial charge is 0.228 e. The van der Waals surface area contributed by atoms with Crippen LogP contribution in [0.15, 0.2) is 0 Å². The molecule has 0 spiro atoms. The predicted molar refractivity (Wildman–Crippen MR) is 50.9 cm³/mol. The van der Waals surface area contributed by atoms with Gasteiger partial charge in [0.25, 0.3) is 0 Å². The highest BCUT2D eigenvalue weighted by Gasteiger charge is 2.37. The molecule has 1 rings (SSSR count). The molecule has 0 heterocycles. The van der Waals surface area contributed by atoms with Crippen molar-refractivity contribution in [2.24, 2.45) is 0 Å². The van der Waals surface area contributed by atoms with Crippen LogP contribution in [0.1, 0.15) is 46.5 Å². The van der Waals surface area contributed by atoms with E-state index < -0.39 is 14.6 Å². The van der Waals surface area contributed by atoms with Crippen molar-refractivity contribution in [3.05, 3.63) is 0 Å². The number of hydrogen-bond acceptors (Lipinski definition) is 2. The highest BCUT2D eigenvalue weighted by Crippen LogP contribution is 2.31. The first-order chi connectivity index (χ1) is 5.36. The van der Waals surface area contributed by atoms with Gasteiger partial charge in [-0.25, -0.2) is 8.42 Å².